The van der Waals surface area contributed by atoms with Gasteiger partial charge in [0.05, 0.1) is 11.8 Å². The van der Waals surface area contributed by atoms with Crippen LogP contribution >= 0.6 is 23.4 Å². The lowest BCUT2D eigenvalue weighted by Crippen LogP contribution is -2.28. The van der Waals surface area contributed by atoms with Gasteiger partial charge in [0.15, 0.2) is 11.0 Å². The van der Waals surface area contributed by atoms with Gasteiger partial charge in [-0.05, 0) is 55.8 Å². The van der Waals surface area contributed by atoms with Crippen molar-refractivity contribution in [3.05, 3.63) is 70.3 Å². The van der Waals surface area contributed by atoms with E-state index in [0.29, 0.717) is 27.3 Å². The maximum absolute atomic E-state index is 13.4. The molecular weight excluding hydrogens is 441 g/mol. The maximum Gasteiger partial charge on any atom is 0.251 e. The van der Waals surface area contributed by atoms with Crippen LogP contribution in [0.5, 0.6) is 0 Å². The van der Waals surface area contributed by atoms with Gasteiger partial charge in [-0.25, -0.2) is 4.39 Å². The maximum atomic E-state index is 13.4. The number of thioether (sulfide) groups is 1. The molecule has 2 amide bonds. The van der Waals surface area contributed by atoms with Crippen LogP contribution in [0.25, 0.3) is 0 Å². The highest BCUT2D eigenvalue weighted by Gasteiger charge is 2.19. The zero-order valence-electron chi connectivity index (χ0n) is 17.1. The summed E-state index contributed by atoms with van der Waals surface area (Å²) >= 11 is 7.05. The molecule has 1 heterocycles. The minimum atomic E-state index is -0.416. The zero-order valence-corrected chi connectivity index (χ0v) is 18.7. The summed E-state index contributed by atoms with van der Waals surface area (Å²) in [4.78, 5) is 24.7. The second-order valence-corrected chi connectivity index (χ2v) is 8.28. The Morgan fingerprint density at radius 3 is 2.61 bits per heavy atom. The molecule has 0 bridgehead atoms. The summed E-state index contributed by atoms with van der Waals surface area (Å²) in [6.07, 6.45) is 0. The molecule has 31 heavy (non-hydrogen) atoms. The third kappa shape index (κ3) is 5.83. The Morgan fingerprint density at radius 1 is 1.19 bits per heavy atom. The molecule has 0 spiro atoms. The largest absolute Gasteiger partial charge is 0.342 e. The molecule has 3 aromatic rings. The van der Waals surface area contributed by atoms with E-state index >= 15 is 0 Å². The van der Waals surface area contributed by atoms with Crippen LogP contribution in [-0.4, -0.2) is 32.3 Å². The standard InChI is InChI=1S/C21H21ClFN5O2S/c1-12-4-9-16(23)10-17(12)25-18(29)11-31-21-27-26-19(28(21)3)13(2)24-20(30)14-5-7-15(22)8-6-14/h4-10,13H,11H2,1-3H3,(H,24,30)(H,25,29). The molecule has 0 saturated heterocycles. The summed E-state index contributed by atoms with van der Waals surface area (Å²) in [6.45, 7) is 3.59. The summed E-state index contributed by atoms with van der Waals surface area (Å²) < 4.78 is 15.1. The number of carbonyl (C=O) groups is 2. The van der Waals surface area contributed by atoms with Crippen LogP contribution < -0.4 is 10.6 Å². The van der Waals surface area contributed by atoms with Gasteiger partial charge in [-0.3, -0.25) is 9.59 Å². The lowest BCUT2D eigenvalue weighted by Gasteiger charge is -2.13. The molecule has 0 aliphatic heterocycles. The number of carbonyl (C=O) groups excluding carboxylic acids is 2. The molecule has 10 heteroatoms. The number of benzene rings is 2. The van der Waals surface area contributed by atoms with Crippen molar-refractivity contribution in [1.29, 1.82) is 0 Å². The van der Waals surface area contributed by atoms with Crippen LogP contribution in [0.4, 0.5) is 10.1 Å². The van der Waals surface area contributed by atoms with E-state index in [4.69, 9.17) is 11.6 Å². The summed E-state index contributed by atoms with van der Waals surface area (Å²) in [6, 6.07) is 10.4. The quantitative estimate of drug-likeness (QED) is 0.516. The summed E-state index contributed by atoms with van der Waals surface area (Å²) in [5.74, 6) is -0.334. The molecule has 7 nitrogen and oxygen atoms in total. The van der Waals surface area contributed by atoms with E-state index in [2.05, 4.69) is 20.8 Å². The Bertz CT molecular complexity index is 1100. The summed E-state index contributed by atoms with van der Waals surface area (Å²) in [7, 11) is 1.76. The van der Waals surface area contributed by atoms with E-state index in [9.17, 15) is 14.0 Å². The summed E-state index contributed by atoms with van der Waals surface area (Å²) in [5, 5.41) is 14.9. The summed E-state index contributed by atoms with van der Waals surface area (Å²) in [5.41, 5.74) is 1.69. The minimum absolute atomic E-state index is 0.0768. The first-order chi connectivity index (χ1) is 14.7. The predicted octanol–water partition coefficient (Wildman–Crippen LogP) is 4.14. The monoisotopic (exact) mass is 461 g/mol. The number of nitrogens with zero attached hydrogens (tertiary/aromatic N) is 3. The number of amides is 2. The third-order valence-electron chi connectivity index (χ3n) is 4.52. The number of aromatic nitrogens is 3. The van der Waals surface area contributed by atoms with Crippen LogP contribution in [0.2, 0.25) is 5.02 Å². The number of halogens is 2. The number of rotatable bonds is 7. The minimum Gasteiger partial charge on any atom is -0.342 e. The molecule has 0 saturated carbocycles. The van der Waals surface area contributed by atoms with E-state index in [1.54, 1.807) is 55.8 Å². The number of anilines is 1. The molecule has 0 aliphatic carbocycles. The zero-order chi connectivity index (χ0) is 22.5. The van der Waals surface area contributed by atoms with E-state index < -0.39 is 11.9 Å². The Labute approximate surface area is 188 Å². The van der Waals surface area contributed by atoms with Gasteiger partial charge in [-0.2, -0.15) is 0 Å². The molecule has 1 unspecified atom stereocenters. The van der Waals surface area contributed by atoms with E-state index in [-0.39, 0.29) is 17.6 Å². The number of hydrogen-bond donors (Lipinski definition) is 2. The van der Waals surface area contributed by atoms with Crippen molar-refractivity contribution in [1.82, 2.24) is 20.1 Å². The topological polar surface area (TPSA) is 88.9 Å². The third-order valence-corrected chi connectivity index (χ3v) is 5.79. The van der Waals surface area contributed by atoms with Crippen LogP contribution in [0, 0.1) is 12.7 Å². The van der Waals surface area contributed by atoms with Crippen molar-refractivity contribution in [2.75, 3.05) is 11.1 Å². The second kappa shape index (κ2) is 9.93. The van der Waals surface area contributed by atoms with Crippen molar-refractivity contribution >= 4 is 40.9 Å². The molecule has 0 fully saturated rings. The number of aryl methyl sites for hydroxylation is 1. The van der Waals surface area contributed by atoms with E-state index in [0.717, 1.165) is 5.56 Å². The van der Waals surface area contributed by atoms with Crippen LogP contribution in [0.15, 0.2) is 47.6 Å². The molecule has 3 rings (SSSR count). The van der Waals surface area contributed by atoms with E-state index in [1.807, 2.05) is 0 Å². The fraction of sp³-hybridized carbons (Fsp3) is 0.238. The average molecular weight is 462 g/mol. The molecule has 2 N–H and O–H groups in total. The van der Waals surface area contributed by atoms with Crippen LogP contribution in [0.1, 0.15) is 34.7 Å². The van der Waals surface area contributed by atoms with E-state index in [1.165, 1.54) is 23.9 Å². The van der Waals surface area contributed by atoms with Crippen molar-refractivity contribution in [3.8, 4) is 0 Å². The SMILES string of the molecule is Cc1ccc(F)cc1NC(=O)CSc1nnc(C(C)NC(=O)c2ccc(Cl)cc2)n1C. The van der Waals surface area contributed by atoms with Crippen molar-refractivity contribution in [2.24, 2.45) is 7.05 Å². The van der Waals surface area contributed by atoms with Gasteiger partial charge in [0.2, 0.25) is 5.91 Å². The first kappa shape index (κ1) is 22.8. The fourth-order valence-electron chi connectivity index (χ4n) is 2.82. The van der Waals surface area contributed by atoms with Gasteiger partial charge in [-0.1, -0.05) is 29.4 Å². The molecule has 1 aromatic heterocycles. The van der Waals surface area contributed by atoms with Gasteiger partial charge < -0.3 is 15.2 Å². The van der Waals surface area contributed by atoms with Gasteiger partial charge >= 0.3 is 0 Å². The van der Waals surface area contributed by atoms with Crippen LogP contribution in [0.3, 0.4) is 0 Å². The Balaban J connectivity index is 1.59. The predicted molar refractivity (Wildman–Crippen MR) is 119 cm³/mol. The molecule has 1 atom stereocenters. The lowest BCUT2D eigenvalue weighted by atomic mass is 10.2. The number of nitrogens with one attached hydrogen (secondary N) is 2. The molecule has 0 aliphatic rings. The van der Waals surface area contributed by atoms with Crippen LogP contribution in [-0.2, 0) is 11.8 Å². The average Bonchev–Trinajstić information content (AvgIpc) is 3.10. The molecular formula is C21H21ClFN5O2S. The second-order valence-electron chi connectivity index (χ2n) is 6.90. The lowest BCUT2D eigenvalue weighted by molar-refractivity contribution is -0.113. The molecule has 2 aromatic carbocycles. The smallest absolute Gasteiger partial charge is 0.251 e. The number of hydrogen-bond acceptors (Lipinski definition) is 5. The Morgan fingerprint density at radius 2 is 1.90 bits per heavy atom. The normalized spacial score (nSPS) is 11.8. The van der Waals surface area contributed by atoms with Gasteiger partial charge in [0.25, 0.3) is 5.91 Å². The fourth-order valence-corrected chi connectivity index (χ4v) is 3.66. The Hall–Kier alpha value is -2.91. The van der Waals surface area contributed by atoms with Gasteiger partial charge in [0, 0.05) is 23.3 Å². The highest BCUT2D eigenvalue weighted by atomic mass is 35.5. The van der Waals surface area contributed by atoms with Gasteiger partial charge in [-0.15, -0.1) is 10.2 Å². The highest BCUT2D eigenvalue weighted by Crippen LogP contribution is 2.21. The Kier molecular flexibility index (Phi) is 7.29. The highest BCUT2D eigenvalue weighted by molar-refractivity contribution is 7.99. The molecule has 0 radical (unpaired) electrons. The first-order valence-electron chi connectivity index (χ1n) is 9.39. The van der Waals surface area contributed by atoms with Crippen molar-refractivity contribution in [2.45, 2.75) is 25.0 Å². The first-order valence-corrected chi connectivity index (χ1v) is 10.8. The molecule has 162 valence electrons. The van der Waals surface area contributed by atoms with Crippen molar-refractivity contribution in [3.63, 3.8) is 0 Å². The van der Waals surface area contributed by atoms with Crippen molar-refractivity contribution < 1.29 is 14.0 Å². The van der Waals surface area contributed by atoms with Gasteiger partial charge in [0.1, 0.15) is 5.82 Å².